The number of rotatable bonds is 5. The predicted molar refractivity (Wildman–Crippen MR) is 232 cm³/mol. The molecular formula is C53H36N2O. The monoisotopic (exact) mass is 716 g/mol. The minimum Gasteiger partial charge on any atom is -0.452 e. The fourth-order valence-corrected chi connectivity index (χ4v) is 8.86. The highest BCUT2D eigenvalue weighted by Gasteiger charge is 2.38. The minimum absolute atomic E-state index is 0.168. The van der Waals surface area contributed by atoms with Gasteiger partial charge in [0.05, 0.1) is 0 Å². The Balaban J connectivity index is 1.02. The Hall–Kier alpha value is -7.10. The summed E-state index contributed by atoms with van der Waals surface area (Å²) >= 11 is 0. The lowest BCUT2D eigenvalue weighted by atomic mass is 9.80. The van der Waals surface area contributed by atoms with Gasteiger partial charge in [0, 0.05) is 21.9 Å². The summed E-state index contributed by atoms with van der Waals surface area (Å²) in [5.41, 5.74) is 17.5. The Bertz CT molecular complexity index is 3160. The van der Waals surface area contributed by atoms with Crippen LogP contribution < -0.4 is 0 Å². The summed E-state index contributed by atoms with van der Waals surface area (Å²) in [5, 5.41) is 3.55. The van der Waals surface area contributed by atoms with Crippen molar-refractivity contribution >= 4 is 32.8 Å². The Morgan fingerprint density at radius 3 is 1.77 bits per heavy atom. The molecule has 8 aromatic carbocycles. The molecular weight excluding hydrogens is 681 g/mol. The van der Waals surface area contributed by atoms with Crippen LogP contribution >= 0.6 is 0 Å². The molecule has 264 valence electrons. The van der Waals surface area contributed by atoms with Gasteiger partial charge in [0.15, 0.2) is 11.4 Å². The number of hydrogen-bond donors (Lipinski definition) is 0. The smallest absolute Gasteiger partial charge is 0.180 e. The number of para-hydroxylation sites is 1. The van der Waals surface area contributed by atoms with E-state index in [2.05, 4.69) is 159 Å². The zero-order chi connectivity index (χ0) is 37.4. The van der Waals surface area contributed by atoms with Crippen molar-refractivity contribution in [1.82, 2.24) is 9.97 Å². The highest BCUT2D eigenvalue weighted by atomic mass is 16.3. The molecule has 2 heterocycles. The Morgan fingerprint density at radius 1 is 0.429 bits per heavy atom. The second kappa shape index (κ2) is 12.5. The van der Waals surface area contributed by atoms with E-state index in [1.165, 1.54) is 55.3 Å². The van der Waals surface area contributed by atoms with E-state index in [1.807, 2.05) is 36.4 Å². The largest absolute Gasteiger partial charge is 0.452 e. The van der Waals surface area contributed by atoms with E-state index in [-0.39, 0.29) is 5.41 Å². The van der Waals surface area contributed by atoms with E-state index in [9.17, 15) is 0 Å². The second-order valence-electron chi connectivity index (χ2n) is 15.3. The molecule has 0 saturated heterocycles. The van der Waals surface area contributed by atoms with Gasteiger partial charge < -0.3 is 4.42 Å². The molecule has 11 rings (SSSR count). The zero-order valence-electron chi connectivity index (χ0n) is 31.1. The van der Waals surface area contributed by atoms with Crippen molar-refractivity contribution in [2.45, 2.75) is 19.3 Å². The lowest BCUT2D eigenvalue weighted by Gasteiger charge is -2.23. The molecule has 1 aliphatic rings. The van der Waals surface area contributed by atoms with Gasteiger partial charge in [0.1, 0.15) is 16.8 Å². The van der Waals surface area contributed by atoms with E-state index in [4.69, 9.17) is 14.4 Å². The standard InChI is InChI=1S/C53H36N2O/c1-53(2)44-31-38(27-28-42(44)48-45(53)32-39-19-9-10-24-41(39)47(48)33-15-5-3-6-16-33)36-21-13-20-35(29-36)37-22-14-23-40(30-37)49-51-50(43-25-11-12-26-46(43)56-51)55-52(54-49)34-17-7-4-8-18-34/h3-32H,1-2H3. The topological polar surface area (TPSA) is 38.9 Å². The van der Waals surface area contributed by atoms with Crippen LogP contribution in [0.3, 0.4) is 0 Å². The van der Waals surface area contributed by atoms with Gasteiger partial charge in [-0.3, -0.25) is 0 Å². The van der Waals surface area contributed by atoms with Crippen LogP contribution in [0.1, 0.15) is 25.0 Å². The summed E-state index contributed by atoms with van der Waals surface area (Å²) in [4.78, 5) is 10.2. The van der Waals surface area contributed by atoms with Gasteiger partial charge in [-0.15, -0.1) is 0 Å². The molecule has 3 heteroatoms. The number of nitrogens with zero attached hydrogens (tertiary/aromatic N) is 2. The van der Waals surface area contributed by atoms with Gasteiger partial charge in [-0.1, -0.05) is 159 Å². The van der Waals surface area contributed by atoms with Gasteiger partial charge in [0.2, 0.25) is 0 Å². The number of furan rings is 1. The summed E-state index contributed by atoms with van der Waals surface area (Å²) in [6, 6.07) is 65.0. The Morgan fingerprint density at radius 2 is 1.02 bits per heavy atom. The summed E-state index contributed by atoms with van der Waals surface area (Å²) in [7, 11) is 0. The maximum atomic E-state index is 6.46. The van der Waals surface area contributed by atoms with Gasteiger partial charge in [0.25, 0.3) is 0 Å². The molecule has 0 unspecified atom stereocenters. The maximum absolute atomic E-state index is 6.46. The molecule has 0 amide bonds. The first-order chi connectivity index (χ1) is 27.5. The lowest BCUT2D eigenvalue weighted by Crippen LogP contribution is -2.15. The Kier molecular flexibility index (Phi) is 7.20. The van der Waals surface area contributed by atoms with Crippen LogP contribution in [0, 0.1) is 0 Å². The quantitative estimate of drug-likeness (QED) is 0.178. The third kappa shape index (κ3) is 5.05. The molecule has 56 heavy (non-hydrogen) atoms. The average molecular weight is 717 g/mol. The first-order valence-corrected chi connectivity index (χ1v) is 19.2. The highest BCUT2D eigenvalue weighted by Crippen LogP contribution is 2.55. The van der Waals surface area contributed by atoms with Crippen molar-refractivity contribution in [3.63, 3.8) is 0 Å². The second-order valence-corrected chi connectivity index (χ2v) is 15.3. The van der Waals surface area contributed by atoms with Crippen molar-refractivity contribution in [3.05, 3.63) is 193 Å². The lowest BCUT2D eigenvalue weighted by molar-refractivity contribution is 0.661. The zero-order valence-corrected chi connectivity index (χ0v) is 31.1. The van der Waals surface area contributed by atoms with Crippen molar-refractivity contribution < 1.29 is 4.42 Å². The van der Waals surface area contributed by atoms with Gasteiger partial charge >= 0.3 is 0 Å². The van der Waals surface area contributed by atoms with Crippen LogP contribution in [0.15, 0.2) is 186 Å². The van der Waals surface area contributed by atoms with Gasteiger partial charge in [-0.05, 0) is 103 Å². The summed E-state index contributed by atoms with van der Waals surface area (Å²) in [5.74, 6) is 0.678. The number of hydrogen-bond acceptors (Lipinski definition) is 3. The Labute approximate surface area is 325 Å². The van der Waals surface area contributed by atoms with Crippen LogP contribution in [-0.4, -0.2) is 9.97 Å². The molecule has 0 bridgehead atoms. The molecule has 0 radical (unpaired) electrons. The molecule has 0 fully saturated rings. The maximum Gasteiger partial charge on any atom is 0.180 e. The van der Waals surface area contributed by atoms with Crippen molar-refractivity contribution in [1.29, 1.82) is 0 Å². The summed E-state index contributed by atoms with van der Waals surface area (Å²) < 4.78 is 6.46. The van der Waals surface area contributed by atoms with E-state index >= 15 is 0 Å². The van der Waals surface area contributed by atoms with Crippen molar-refractivity contribution in [2.75, 3.05) is 0 Å². The molecule has 0 N–H and O–H groups in total. The third-order valence-electron chi connectivity index (χ3n) is 11.7. The van der Waals surface area contributed by atoms with Crippen LogP contribution in [0.5, 0.6) is 0 Å². The third-order valence-corrected chi connectivity index (χ3v) is 11.7. The average Bonchev–Trinajstić information content (AvgIpc) is 3.74. The molecule has 10 aromatic rings. The molecule has 0 spiro atoms. The summed E-state index contributed by atoms with van der Waals surface area (Å²) in [6.45, 7) is 4.75. The number of aromatic nitrogens is 2. The highest BCUT2D eigenvalue weighted by molar-refractivity contribution is 6.09. The van der Waals surface area contributed by atoms with Gasteiger partial charge in [-0.2, -0.15) is 0 Å². The van der Waals surface area contributed by atoms with E-state index in [0.29, 0.717) is 11.4 Å². The van der Waals surface area contributed by atoms with Crippen LogP contribution in [-0.2, 0) is 5.41 Å². The number of fused-ring (bicyclic) bond motifs is 7. The molecule has 0 aliphatic heterocycles. The van der Waals surface area contributed by atoms with Crippen LogP contribution in [0.4, 0.5) is 0 Å². The van der Waals surface area contributed by atoms with Crippen molar-refractivity contribution in [3.8, 4) is 67.2 Å². The summed E-state index contributed by atoms with van der Waals surface area (Å²) in [6.07, 6.45) is 0. The van der Waals surface area contributed by atoms with E-state index in [1.54, 1.807) is 0 Å². The fraction of sp³-hybridized carbons (Fsp3) is 0.0566. The van der Waals surface area contributed by atoms with Crippen LogP contribution in [0.25, 0.3) is 100.0 Å². The molecule has 2 aromatic heterocycles. The molecule has 1 aliphatic carbocycles. The molecule has 0 saturated carbocycles. The SMILES string of the molecule is CC1(C)c2cc(-c3cccc(-c4cccc(-c5nc(-c6ccccc6)nc6c5oc5ccccc56)c4)c3)ccc2-c2c1cc1ccccc1c2-c1ccccc1. The predicted octanol–water partition coefficient (Wildman–Crippen LogP) is 14.2. The molecule has 0 atom stereocenters. The minimum atomic E-state index is -0.168. The van der Waals surface area contributed by atoms with Gasteiger partial charge in [-0.25, -0.2) is 9.97 Å². The first kappa shape index (κ1) is 32.3. The van der Waals surface area contributed by atoms with E-state index < -0.39 is 0 Å². The first-order valence-electron chi connectivity index (χ1n) is 19.2. The van der Waals surface area contributed by atoms with Crippen molar-refractivity contribution in [2.24, 2.45) is 0 Å². The normalized spacial score (nSPS) is 13.0. The fourth-order valence-electron chi connectivity index (χ4n) is 8.86. The van der Waals surface area contributed by atoms with E-state index in [0.717, 1.165) is 44.4 Å². The van der Waals surface area contributed by atoms with Crippen LogP contribution in [0.2, 0.25) is 0 Å². The molecule has 3 nitrogen and oxygen atoms in total. The number of benzene rings is 8.